The molecule has 4 atom stereocenters. The Hall–Kier alpha value is -0.130. The van der Waals surface area contributed by atoms with Crippen LogP contribution in [0.1, 0.15) is 39.5 Å². The van der Waals surface area contributed by atoms with Gasteiger partial charge in [0.15, 0.2) is 9.84 Å². The summed E-state index contributed by atoms with van der Waals surface area (Å²) in [5.41, 5.74) is 6.14. The van der Waals surface area contributed by atoms with Crippen LogP contribution in [0.25, 0.3) is 0 Å². The second-order valence-corrected chi connectivity index (χ2v) is 8.47. The summed E-state index contributed by atoms with van der Waals surface area (Å²) in [7, 11) is -3.11. The van der Waals surface area contributed by atoms with E-state index in [-0.39, 0.29) is 22.5 Å². The van der Waals surface area contributed by atoms with Crippen molar-refractivity contribution in [2.75, 3.05) is 13.2 Å². The number of rotatable bonds is 2. The van der Waals surface area contributed by atoms with Crippen molar-refractivity contribution in [1.29, 1.82) is 0 Å². The minimum Gasteiger partial charge on any atom is -0.381 e. The van der Waals surface area contributed by atoms with Gasteiger partial charge in [-0.3, -0.25) is 0 Å². The standard InChI is InChI=1S/C13H25NO3S/c1-9-7-10(2)13(12(14)8-9)18(15,16)11-3-5-17-6-4-11/h9-13H,3-8,14H2,1-2H3. The molecule has 18 heavy (non-hydrogen) atoms. The monoisotopic (exact) mass is 275 g/mol. The molecule has 2 rings (SSSR count). The van der Waals surface area contributed by atoms with Crippen molar-refractivity contribution in [1.82, 2.24) is 0 Å². The number of sulfone groups is 1. The summed E-state index contributed by atoms with van der Waals surface area (Å²) in [4.78, 5) is 0. The molecule has 1 heterocycles. The summed E-state index contributed by atoms with van der Waals surface area (Å²) < 4.78 is 30.7. The SMILES string of the molecule is CC1CC(C)C(S(=O)(=O)C2CCOCC2)C(N)C1. The van der Waals surface area contributed by atoms with Gasteiger partial charge in [0.25, 0.3) is 0 Å². The third kappa shape index (κ3) is 2.73. The molecule has 2 N–H and O–H groups in total. The number of nitrogens with two attached hydrogens (primary N) is 1. The molecule has 1 saturated carbocycles. The quantitative estimate of drug-likeness (QED) is 0.825. The zero-order chi connectivity index (χ0) is 13.3. The maximum atomic E-state index is 12.7. The number of hydrogen-bond donors (Lipinski definition) is 1. The topological polar surface area (TPSA) is 69.4 Å². The molecule has 0 radical (unpaired) electrons. The molecule has 4 nitrogen and oxygen atoms in total. The Morgan fingerprint density at radius 3 is 2.28 bits per heavy atom. The Labute approximate surface area is 110 Å². The minimum atomic E-state index is -3.11. The van der Waals surface area contributed by atoms with E-state index < -0.39 is 9.84 Å². The molecule has 1 aliphatic carbocycles. The first-order chi connectivity index (χ1) is 8.43. The lowest BCUT2D eigenvalue weighted by Crippen LogP contribution is -2.52. The van der Waals surface area contributed by atoms with Crippen molar-refractivity contribution in [2.24, 2.45) is 17.6 Å². The lowest BCUT2D eigenvalue weighted by Gasteiger charge is -2.39. The Bertz CT molecular complexity index is 364. The van der Waals surface area contributed by atoms with Crippen LogP contribution in [0.5, 0.6) is 0 Å². The van der Waals surface area contributed by atoms with Gasteiger partial charge in [0.2, 0.25) is 0 Å². The van der Waals surface area contributed by atoms with Crippen LogP contribution >= 0.6 is 0 Å². The summed E-state index contributed by atoms with van der Waals surface area (Å²) in [6.45, 7) is 5.33. The molecule has 5 heteroatoms. The second kappa shape index (κ2) is 5.47. The normalized spacial score (nSPS) is 39.7. The molecule has 0 amide bonds. The van der Waals surface area contributed by atoms with E-state index in [4.69, 9.17) is 10.5 Å². The molecule has 0 spiro atoms. The summed E-state index contributed by atoms with van der Waals surface area (Å²) >= 11 is 0. The van der Waals surface area contributed by atoms with Gasteiger partial charge < -0.3 is 10.5 Å². The molecular weight excluding hydrogens is 250 g/mol. The Morgan fingerprint density at radius 1 is 1.11 bits per heavy atom. The highest BCUT2D eigenvalue weighted by atomic mass is 32.2. The van der Waals surface area contributed by atoms with Crippen molar-refractivity contribution in [3.05, 3.63) is 0 Å². The van der Waals surface area contributed by atoms with E-state index in [0.717, 1.165) is 12.8 Å². The minimum absolute atomic E-state index is 0.177. The van der Waals surface area contributed by atoms with E-state index in [1.54, 1.807) is 0 Å². The zero-order valence-corrected chi connectivity index (χ0v) is 12.2. The fourth-order valence-corrected chi connectivity index (χ4v) is 6.33. The number of ether oxygens (including phenoxy) is 1. The van der Waals surface area contributed by atoms with Crippen LogP contribution in [-0.2, 0) is 14.6 Å². The Kier molecular flexibility index (Phi) is 4.34. The molecule has 4 unspecified atom stereocenters. The van der Waals surface area contributed by atoms with Crippen molar-refractivity contribution in [2.45, 2.75) is 56.1 Å². The van der Waals surface area contributed by atoms with E-state index in [1.165, 1.54) is 0 Å². The van der Waals surface area contributed by atoms with Gasteiger partial charge in [-0.15, -0.1) is 0 Å². The van der Waals surface area contributed by atoms with Gasteiger partial charge in [-0.25, -0.2) is 8.42 Å². The van der Waals surface area contributed by atoms with E-state index in [1.807, 2.05) is 6.92 Å². The third-order valence-corrected chi connectivity index (χ3v) is 7.42. The van der Waals surface area contributed by atoms with Gasteiger partial charge in [0, 0.05) is 19.3 Å². The predicted molar refractivity (Wildman–Crippen MR) is 72.1 cm³/mol. The summed E-state index contributed by atoms with van der Waals surface area (Å²) in [5, 5.41) is -0.588. The van der Waals surface area contributed by atoms with E-state index in [0.29, 0.717) is 32.0 Å². The third-order valence-electron chi connectivity index (χ3n) is 4.44. The lowest BCUT2D eigenvalue weighted by atomic mass is 9.80. The molecule has 0 aromatic carbocycles. The van der Waals surface area contributed by atoms with Crippen molar-refractivity contribution >= 4 is 9.84 Å². The fourth-order valence-electron chi connectivity index (χ4n) is 3.68. The largest absolute Gasteiger partial charge is 0.381 e. The maximum absolute atomic E-state index is 12.7. The van der Waals surface area contributed by atoms with E-state index in [9.17, 15) is 8.42 Å². The Balaban J connectivity index is 2.17. The molecule has 0 aromatic heterocycles. The molecule has 1 saturated heterocycles. The highest BCUT2D eigenvalue weighted by Gasteiger charge is 2.44. The average molecular weight is 275 g/mol. The first-order valence-electron chi connectivity index (χ1n) is 6.99. The van der Waals surface area contributed by atoms with Crippen molar-refractivity contribution in [3.63, 3.8) is 0 Å². The van der Waals surface area contributed by atoms with Gasteiger partial charge in [-0.2, -0.15) is 0 Å². The number of hydrogen-bond acceptors (Lipinski definition) is 4. The smallest absolute Gasteiger partial charge is 0.157 e. The van der Waals surface area contributed by atoms with Gasteiger partial charge >= 0.3 is 0 Å². The van der Waals surface area contributed by atoms with Crippen LogP contribution in [0.15, 0.2) is 0 Å². The molecule has 2 aliphatic rings. The second-order valence-electron chi connectivity index (χ2n) is 6.08. The van der Waals surface area contributed by atoms with Gasteiger partial charge in [0.1, 0.15) is 0 Å². The van der Waals surface area contributed by atoms with Crippen LogP contribution in [0.4, 0.5) is 0 Å². The van der Waals surface area contributed by atoms with Crippen molar-refractivity contribution in [3.8, 4) is 0 Å². The van der Waals surface area contributed by atoms with Crippen LogP contribution in [0, 0.1) is 11.8 Å². The maximum Gasteiger partial charge on any atom is 0.157 e. The lowest BCUT2D eigenvalue weighted by molar-refractivity contribution is 0.0977. The van der Waals surface area contributed by atoms with Gasteiger partial charge in [-0.1, -0.05) is 13.8 Å². The van der Waals surface area contributed by atoms with Gasteiger partial charge in [-0.05, 0) is 37.5 Å². The van der Waals surface area contributed by atoms with Crippen LogP contribution in [-0.4, -0.2) is 38.2 Å². The first kappa shape index (κ1) is 14.3. The molecule has 0 aromatic rings. The highest BCUT2D eigenvalue weighted by molar-refractivity contribution is 7.92. The zero-order valence-electron chi connectivity index (χ0n) is 11.3. The first-order valence-corrected chi connectivity index (χ1v) is 8.60. The van der Waals surface area contributed by atoms with Crippen LogP contribution < -0.4 is 5.73 Å². The fraction of sp³-hybridized carbons (Fsp3) is 1.00. The molecular formula is C13H25NO3S. The summed E-state index contributed by atoms with van der Waals surface area (Å²) in [5.74, 6) is 0.715. The van der Waals surface area contributed by atoms with Gasteiger partial charge in [0.05, 0.1) is 10.5 Å². The van der Waals surface area contributed by atoms with E-state index >= 15 is 0 Å². The van der Waals surface area contributed by atoms with E-state index in [2.05, 4.69) is 6.92 Å². The summed E-state index contributed by atoms with van der Waals surface area (Å²) in [6, 6.07) is -0.198. The average Bonchev–Trinajstić information content (AvgIpc) is 2.28. The molecule has 2 fully saturated rings. The predicted octanol–water partition coefficient (Wildman–Crippen LogP) is 1.34. The van der Waals surface area contributed by atoms with Crippen molar-refractivity contribution < 1.29 is 13.2 Å². The molecule has 0 bridgehead atoms. The molecule has 106 valence electrons. The highest BCUT2D eigenvalue weighted by Crippen LogP contribution is 2.35. The Morgan fingerprint density at radius 2 is 1.72 bits per heavy atom. The summed E-state index contributed by atoms with van der Waals surface area (Å²) in [6.07, 6.45) is 3.07. The molecule has 1 aliphatic heterocycles. The van der Waals surface area contributed by atoms with Crippen LogP contribution in [0.2, 0.25) is 0 Å². The van der Waals surface area contributed by atoms with Crippen LogP contribution in [0.3, 0.4) is 0 Å².